The summed E-state index contributed by atoms with van der Waals surface area (Å²) in [4.78, 5) is 24.6. The summed E-state index contributed by atoms with van der Waals surface area (Å²) >= 11 is 0. The number of aromatic carboxylic acids is 1. The second kappa shape index (κ2) is 6.41. The highest BCUT2D eigenvalue weighted by Crippen LogP contribution is 2.16. The molecule has 5 nitrogen and oxygen atoms in total. The molecule has 20 heavy (non-hydrogen) atoms. The first-order valence-corrected chi connectivity index (χ1v) is 6.62. The normalized spacial score (nSPS) is 11.0. The predicted molar refractivity (Wildman–Crippen MR) is 77.8 cm³/mol. The summed E-state index contributed by atoms with van der Waals surface area (Å²) in [6, 6.07) is 6.38. The van der Waals surface area contributed by atoms with E-state index in [-0.39, 0.29) is 17.1 Å². The van der Waals surface area contributed by atoms with Gasteiger partial charge in [0.25, 0.3) is 0 Å². The first-order chi connectivity index (χ1) is 9.27. The van der Waals surface area contributed by atoms with Crippen LogP contribution < -0.4 is 5.32 Å². The van der Waals surface area contributed by atoms with Gasteiger partial charge in [-0.25, -0.2) is 9.59 Å². The molecule has 0 aliphatic heterocycles. The van der Waals surface area contributed by atoms with E-state index in [4.69, 9.17) is 5.11 Å². The third kappa shape index (κ3) is 3.98. The Balaban J connectivity index is 2.66. The Morgan fingerprint density at radius 3 is 2.55 bits per heavy atom. The molecular formula is C15H22N2O3. The average Bonchev–Trinajstić information content (AvgIpc) is 2.44. The van der Waals surface area contributed by atoms with Gasteiger partial charge in [-0.1, -0.05) is 19.1 Å². The van der Waals surface area contributed by atoms with E-state index in [0.29, 0.717) is 6.54 Å². The van der Waals surface area contributed by atoms with Crippen LogP contribution >= 0.6 is 0 Å². The number of hydrogen-bond acceptors (Lipinski definition) is 2. The molecule has 110 valence electrons. The molecule has 1 aromatic carbocycles. The smallest absolute Gasteiger partial charge is 0.335 e. The van der Waals surface area contributed by atoms with E-state index in [1.54, 1.807) is 30.1 Å². The van der Waals surface area contributed by atoms with Gasteiger partial charge in [0, 0.05) is 19.1 Å². The number of carboxylic acids is 1. The molecule has 0 spiro atoms. The zero-order valence-electron chi connectivity index (χ0n) is 12.4. The minimum atomic E-state index is -0.970. The molecule has 0 fully saturated rings. The summed E-state index contributed by atoms with van der Waals surface area (Å²) < 4.78 is 0. The van der Waals surface area contributed by atoms with Gasteiger partial charge in [-0.05, 0) is 38.0 Å². The minimum Gasteiger partial charge on any atom is -0.478 e. The summed E-state index contributed by atoms with van der Waals surface area (Å²) in [5.74, 6) is -0.970. The fraction of sp³-hybridized carbons (Fsp3) is 0.467. The molecule has 0 atom stereocenters. The number of urea groups is 1. The average molecular weight is 278 g/mol. The lowest BCUT2D eigenvalue weighted by molar-refractivity contribution is 0.0696. The number of nitrogens with one attached hydrogen (secondary N) is 1. The number of nitrogens with zero attached hydrogens (tertiary/aromatic N) is 1. The molecule has 0 heterocycles. The summed E-state index contributed by atoms with van der Waals surface area (Å²) in [5.41, 5.74) is 0.771. The third-order valence-electron chi connectivity index (χ3n) is 3.70. The van der Waals surface area contributed by atoms with Crippen LogP contribution in [0.3, 0.4) is 0 Å². The van der Waals surface area contributed by atoms with Crippen molar-refractivity contribution in [2.24, 2.45) is 0 Å². The summed E-state index contributed by atoms with van der Waals surface area (Å²) in [7, 11) is 1.76. The van der Waals surface area contributed by atoms with E-state index in [2.05, 4.69) is 5.32 Å². The van der Waals surface area contributed by atoms with Crippen molar-refractivity contribution in [2.45, 2.75) is 39.3 Å². The molecular weight excluding hydrogens is 256 g/mol. The van der Waals surface area contributed by atoms with Gasteiger partial charge in [-0.3, -0.25) is 0 Å². The predicted octanol–water partition coefficient (Wildman–Crippen LogP) is 2.71. The Morgan fingerprint density at radius 1 is 1.35 bits per heavy atom. The quantitative estimate of drug-likeness (QED) is 0.870. The highest BCUT2D eigenvalue weighted by atomic mass is 16.4. The summed E-state index contributed by atoms with van der Waals surface area (Å²) in [6.45, 7) is 6.33. The van der Waals surface area contributed by atoms with Crippen LogP contribution in [0.4, 0.5) is 4.79 Å². The van der Waals surface area contributed by atoms with Crippen molar-refractivity contribution in [2.75, 3.05) is 7.05 Å². The molecule has 0 aliphatic rings. The van der Waals surface area contributed by atoms with Crippen LogP contribution in [0.2, 0.25) is 0 Å². The number of benzene rings is 1. The third-order valence-corrected chi connectivity index (χ3v) is 3.70. The van der Waals surface area contributed by atoms with Crippen LogP contribution in [-0.4, -0.2) is 34.6 Å². The Labute approximate surface area is 119 Å². The fourth-order valence-electron chi connectivity index (χ4n) is 1.62. The number of hydrogen-bond donors (Lipinski definition) is 2. The van der Waals surface area contributed by atoms with Gasteiger partial charge in [-0.15, -0.1) is 0 Å². The number of amides is 2. The highest BCUT2D eigenvalue weighted by molar-refractivity contribution is 5.87. The van der Waals surface area contributed by atoms with Gasteiger partial charge in [0.2, 0.25) is 0 Å². The molecule has 5 heteroatoms. The summed E-state index contributed by atoms with van der Waals surface area (Å²) in [6.07, 6.45) is 0.853. The molecule has 0 saturated heterocycles. The number of carbonyl (C=O) groups excluding carboxylic acids is 1. The van der Waals surface area contributed by atoms with Crippen molar-refractivity contribution in [3.8, 4) is 0 Å². The first-order valence-electron chi connectivity index (χ1n) is 6.62. The SMILES string of the molecule is CCC(C)(C)N(C)C(=O)NCc1cccc(C(=O)O)c1. The second-order valence-electron chi connectivity index (χ2n) is 5.39. The van der Waals surface area contributed by atoms with Gasteiger partial charge in [0.05, 0.1) is 5.56 Å². The number of rotatable bonds is 5. The molecule has 1 rings (SSSR count). The standard InChI is InChI=1S/C15H22N2O3/c1-5-15(2,3)17(4)14(20)16-10-11-7-6-8-12(9-11)13(18)19/h6-9H,5,10H2,1-4H3,(H,16,20)(H,18,19). The number of carbonyl (C=O) groups is 2. The highest BCUT2D eigenvalue weighted by Gasteiger charge is 2.25. The lowest BCUT2D eigenvalue weighted by atomic mass is 10.0. The van der Waals surface area contributed by atoms with Crippen molar-refractivity contribution in [1.82, 2.24) is 10.2 Å². The van der Waals surface area contributed by atoms with Crippen LogP contribution in [-0.2, 0) is 6.54 Å². The Morgan fingerprint density at radius 2 is 2.00 bits per heavy atom. The molecule has 0 bridgehead atoms. The molecule has 0 unspecified atom stereocenters. The zero-order chi connectivity index (χ0) is 15.3. The van der Waals surface area contributed by atoms with E-state index in [0.717, 1.165) is 12.0 Å². The maximum absolute atomic E-state index is 12.0. The van der Waals surface area contributed by atoms with E-state index < -0.39 is 5.97 Å². The van der Waals surface area contributed by atoms with Crippen molar-refractivity contribution in [3.05, 3.63) is 35.4 Å². The molecule has 1 aromatic rings. The van der Waals surface area contributed by atoms with Gasteiger partial charge < -0.3 is 15.3 Å². The van der Waals surface area contributed by atoms with E-state index in [1.165, 1.54) is 6.07 Å². The Kier molecular flexibility index (Phi) is 5.13. The fourth-order valence-corrected chi connectivity index (χ4v) is 1.62. The molecule has 2 N–H and O–H groups in total. The number of carboxylic acid groups (broad SMARTS) is 1. The zero-order valence-corrected chi connectivity index (χ0v) is 12.4. The molecule has 0 aliphatic carbocycles. The van der Waals surface area contributed by atoms with Crippen LogP contribution in [0.1, 0.15) is 43.1 Å². The van der Waals surface area contributed by atoms with Gasteiger partial charge in [0.15, 0.2) is 0 Å². The van der Waals surface area contributed by atoms with Crippen molar-refractivity contribution in [1.29, 1.82) is 0 Å². The topological polar surface area (TPSA) is 69.6 Å². The van der Waals surface area contributed by atoms with Crippen LogP contribution in [0.15, 0.2) is 24.3 Å². The van der Waals surface area contributed by atoms with E-state index >= 15 is 0 Å². The first kappa shape index (κ1) is 16.0. The molecule has 0 saturated carbocycles. The second-order valence-corrected chi connectivity index (χ2v) is 5.39. The van der Waals surface area contributed by atoms with Crippen LogP contribution in [0.5, 0.6) is 0 Å². The van der Waals surface area contributed by atoms with Crippen molar-refractivity contribution in [3.63, 3.8) is 0 Å². The summed E-state index contributed by atoms with van der Waals surface area (Å²) in [5, 5.41) is 11.7. The van der Waals surface area contributed by atoms with Crippen LogP contribution in [0.25, 0.3) is 0 Å². The molecule has 0 aromatic heterocycles. The van der Waals surface area contributed by atoms with Gasteiger partial charge in [0.1, 0.15) is 0 Å². The van der Waals surface area contributed by atoms with Gasteiger partial charge >= 0.3 is 12.0 Å². The van der Waals surface area contributed by atoms with Crippen molar-refractivity contribution >= 4 is 12.0 Å². The molecule has 2 amide bonds. The van der Waals surface area contributed by atoms with E-state index in [1.807, 2.05) is 20.8 Å². The maximum atomic E-state index is 12.0. The Hall–Kier alpha value is -2.04. The lowest BCUT2D eigenvalue weighted by Gasteiger charge is -2.34. The van der Waals surface area contributed by atoms with Crippen LogP contribution in [0, 0.1) is 0 Å². The lowest BCUT2D eigenvalue weighted by Crippen LogP contribution is -2.49. The monoisotopic (exact) mass is 278 g/mol. The molecule has 0 radical (unpaired) electrons. The van der Waals surface area contributed by atoms with E-state index in [9.17, 15) is 9.59 Å². The van der Waals surface area contributed by atoms with Crippen molar-refractivity contribution < 1.29 is 14.7 Å². The maximum Gasteiger partial charge on any atom is 0.335 e. The minimum absolute atomic E-state index is 0.169. The Bertz CT molecular complexity index is 498. The largest absolute Gasteiger partial charge is 0.478 e. The van der Waals surface area contributed by atoms with Gasteiger partial charge in [-0.2, -0.15) is 0 Å².